The molecule has 1 fully saturated rings. The zero-order chi connectivity index (χ0) is 19.7. The Kier molecular flexibility index (Phi) is 5.70. The number of anilines is 1. The molecule has 7 nitrogen and oxygen atoms in total. The standard InChI is InChI=1S/C19H18ClIN4O3/c20-11-1-6-16(28-13-4-2-12(26)3-5-13)15(9-11)24-19(27)14-10-23-25-17(21)7-8-22-18(14)25/h1,6-10,12-13,26H,2-5H2,(H,24,27). The largest absolute Gasteiger partial charge is 0.488 e. The van der Waals surface area contributed by atoms with Gasteiger partial charge in [0.15, 0.2) is 5.65 Å². The molecule has 0 unspecified atom stereocenters. The minimum absolute atomic E-state index is 0.000417. The number of aliphatic hydroxyl groups is 1. The van der Waals surface area contributed by atoms with Crippen LogP contribution in [0.15, 0.2) is 36.7 Å². The minimum atomic E-state index is -0.337. The quantitative estimate of drug-likeness (QED) is 0.409. The number of halogens is 2. The molecule has 0 aliphatic heterocycles. The molecule has 0 radical (unpaired) electrons. The number of hydrogen-bond donors (Lipinski definition) is 2. The topological polar surface area (TPSA) is 88.8 Å². The fourth-order valence-corrected chi connectivity index (χ4v) is 3.94. The monoisotopic (exact) mass is 512 g/mol. The summed E-state index contributed by atoms with van der Waals surface area (Å²) in [7, 11) is 0. The van der Waals surface area contributed by atoms with Gasteiger partial charge >= 0.3 is 0 Å². The molecule has 1 aromatic carbocycles. The van der Waals surface area contributed by atoms with E-state index in [9.17, 15) is 9.90 Å². The first-order valence-corrected chi connectivity index (χ1v) is 10.4. The van der Waals surface area contributed by atoms with Crippen LogP contribution in [-0.2, 0) is 0 Å². The average molecular weight is 513 g/mol. The molecule has 4 rings (SSSR count). The maximum absolute atomic E-state index is 12.9. The van der Waals surface area contributed by atoms with Gasteiger partial charge in [0.2, 0.25) is 0 Å². The highest BCUT2D eigenvalue weighted by Gasteiger charge is 2.23. The number of nitrogens with zero attached hydrogens (tertiary/aromatic N) is 3. The Bertz CT molecular complexity index is 1020. The molecule has 9 heteroatoms. The van der Waals surface area contributed by atoms with Gasteiger partial charge in [0, 0.05) is 11.2 Å². The van der Waals surface area contributed by atoms with Crippen LogP contribution in [0.25, 0.3) is 5.65 Å². The summed E-state index contributed by atoms with van der Waals surface area (Å²) in [4.78, 5) is 17.1. The summed E-state index contributed by atoms with van der Waals surface area (Å²) in [5.41, 5.74) is 1.34. The van der Waals surface area contributed by atoms with E-state index >= 15 is 0 Å². The van der Waals surface area contributed by atoms with Crippen LogP contribution in [0.3, 0.4) is 0 Å². The van der Waals surface area contributed by atoms with E-state index in [1.165, 1.54) is 6.20 Å². The fourth-order valence-electron chi connectivity index (χ4n) is 3.26. The Morgan fingerprint density at radius 3 is 2.86 bits per heavy atom. The zero-order valence-electron chi connectivity index (χ0n) is 14.8. The molecule has 1 amide bonds. The number of benzene rings is 1. The van der Waals surface area contributed by atoms with Gasteiger partial charge in [0.25, 0.3) is 5.91 Å². The molecular weight excluding hydrogens is 495 g/mol. The molecular formula is C19H18ClIN4O3. The third-order valence-electron chi connectivity index (χ3n) is 4.73. The predicted octanol–water partition coefficient (Wildman–Crippen LogP) is 3.92. The van der Waals surface area contributed by atoms with E-state index in [4.69, 9.17) is 16.3 Å². The maximum Gasteiger partial charge on any atom is 0.261 e. The maximum atomic E-state index is 12.9. The van der Waals surface area contributed by atoms with E-state index in [0.29, 0.717) is 40.5 Å². The van der Waals surface area contributed by atoms with Crippen molar-refractivity contribution in [3.63, 3.8) is 0 Å². The van der Waals surface area contributed by atoms with E-state index in [-0.39, 0.29) is 18.1 Å². The highest BCUT2D eigenvalue weighted by molar-refractivity contribution is 14.1. The minimum Gasteiger partial charge on any atom is -0.488 e. The number of aromatic nitrogens is 3. The van der Waals surface area contributed by atoms with Crippen LogP contribution in [0.5, 0.6) is 5.75 Å². The Morgan fingerprint density at radius 2 is 2.07 bits per heavy atom. The number of nitrogens with one attached hydrogen (secondary N) is 1. The van der Waals surface area contributed by atoms with Crippen molar-refractivity contribution >= 4 is 51.4 Å². The van der Waals surface area contributed by atoms with Crippen molar-refractivity contribution < 1.29 is 14.6 Å². The van der Waals surface area contributed by atoms with Crippen LogP contribution in [0.4, 0.5) is 5.69 Å². The number of hydrogen-bond acceptors (Lipinski definition) is 5. The molecule has 146 valence electrons. The molecule has 0 bridgehead atoms. The second kappa shape index (κ2) is 8.22. The molecule has 2 aromatic heterocycles. The molecule has 1 aliphatic rings. The third kappa shape index (κ3) is 4.08. The molecule has 2 N–H and O–H groups in total. The van der Waals surface area contributed by atoms with Crippen LogP contribution in [0, 0.1) is 3.70 Å². The van der Waals surface area contributed by atoms with Gasteiger partial charge in [-0.2, -0.15) is 5.10 Å². The van der Waals surface area contributed by atoms with Crippen LogP contribution in [0.1, 0.15) is 36.0 Å². The number of ether oxygens (including phenoxy) is 1. The number of carbonyl (C=O) groups is 1. The van der Waals surface area contributed by atoms with Crippen LogP contribution >= 0.6 is 34.2 Å². The van der Waals surface area contributed by atoms with Crippen molar-refractivity contribution in [3.05, 3.63) is 50.9 Å². The number of carbonyl (C=O) groups excluding carboxylic acids is 1. The highest BCUT2D eigenvalue weighted by Crippen LogP contribution is 2.32. The normalized spacial score (nSPS) is 19.5. The number of aliphatic hydroxyl groups excluding tert-OH is 1. The van der Waals surface area contributed by atoms with Crippen molar-refractivity contribution in [1.82, 2.24) is 14.6 Å². The van der Waals surface area contributed by atoms with Crippen LogP contribution in [0.2, 0.25) is 5.02 Å². The van der Waals surface area contributed by atoms with Gasteiger partial charge in [0.05, 0.1) is 24.1 Å². The lowest BCUT2D eigenvalue weighted by molar-refractivity contribution is 0.0669. The summed E-state index contributed by atoms with van der Waals surface area (Å²) in [5, 5.41) is 17.3. The van der Waals surface area contributed by atoms with Crippen LogP contribution in [-0.4, -0.2) is 37.8 Å². The number of fused-ring (bicyclic) bond motifs is 1. The Hall–Kier alpha value is -1.91. The van der Waals surface area contributed by atoms with Crippen molar-refractivity contribution in [2.24, 2.45) is 0 Å². The van der Waals surface area contributed by atoms with Crippen LogP contribution < -0.4 is 10.1 Å². The molecule has 28 heavy (non-hydrogen) atoms. The summed E-state index contributed by atoms with van der Waals surface area (Å²) in [6.45, 7) is 0. The van der Waals surface area contributed by atoms with Gasteiger partial charge in [-0.05, 0) is 72.5 Å². The van der Waals surface area contributed by atoms with Gasteiger partial charge in [-0.3, -0.25) is 4.79 Å². The fraction of sp³-hybridized carbons (Fsp3) is 0.316. The lowest BCUT2D eigenvalue weighted by atomic mass is 9.95. The lowest BCUT2D eigenvalue weighted by Crippen LogP contribution is -2.27. The third-order valence-corrected chi connectivity index (χ3v) is 5.78. The second-order valence-electron chi connectivity index (χ2n) is 6.70. The van der Waals surface area contributed by atoms with Crippen molar-refractivity contribution in [3.8, 4) is 5.75 Å². The van der Waals surface area contributed by atoms with Gasteiger partial charge in [-0.25, -0.2) is 9.50 Å². The van der Waals surface area contributed by atoms with Gasteiger partial charge < -0.3 is 15.2 Å². The van der Waals surface area contributed by atoms with E-state index in [1.807, 2.05) is 6.07 Å². The highest BCUT2D eigenvalue weighted by atomic mass is 127. The van der Waals surface area contributed by atoms with E-state index in [2.05, 4.69) is 38.0 Å². The molecule has 1 saturated carbocycles. The molecule has 0 atom stereocenters. The summed E-state index contributed by atoms with van der Waals surface area (Å²) in [5.74, 6) is 0.217. The zero-order valence-corrected chi connectivity index (χ0v) is 17.7. The SMILES string of the molecule is O=C(Nc1cc(Cl)ccc1OC1CCC(O)CC1)c1cnn2c(I)ccnc12. The average Bonchev–Trinajstić information content (AvgIpc) is 3.11. The Balaban J connectivity index is 1.57. The first kappa shape index (κ1) is 19.4. The van der Waals surface area contributed by atoms with Gasteiger partial charge in [-0.15, -0.1) is 0 Å². The summed E-state index contributed by atoms with van der Waals surface area (Å²) in [6, 6.07) is 6.95. The van der Waals surface area contributed by atoms with E-state index in [0.717, 1.165) is 16.5 Å². The van der Waals surface area contributed by atoms with E-state index < -0.39 is 0 Å². The van der Waals surface area contributed by atoms with Crippen molar-refractivity contribution in [2.75, 3.05) is 5.32 Å². The Labute approximate surface area is 180 Å². The Morgan fingerprint density at radius 1 is 1.29 bits per heavy atom. The molecule has 3 aromatic rings. The number of rotatable bonds is 4. The molecule has 0 spiro atoms. The molecule has 1 aliphatic carbocycles. The summed E-state index contributed by atoms with van der Waals surface area (Å²) >= 11 is 8.27. The van der Waals surface area contributed by atoms with Gasteiger partial charge in [0.1, 0.15) is 15.0 Å². The van der Waals surface area contributed by atoms with E-state index in [1.54, 1.807) is 28.9 Å². The van der Waals surface area contributed by atoms with Crippen molar-refractivity contribution in [2.45, 2.75) is 37.9 Å². The summed E-state index contributed by atoms with van der Waals surface area (Å²) < 4.78 is 8.56. The predicted molar refractivity (Wildman–Crippen MR) is 114 cm³/mol. The number of amides is 1. The lowest BCUT2D eigenvalue weighted by Gasteiger charge is -2.27. The summed E-state index contributed by atoms with van der Waals surface area (Å²) in [6.07, 6.45) is 5.85. The first-order valence-electron chi connectivity index (χ1n) is 8.95. The smallest absolute Gasteiger partial charge is 0.261 e. The molecule has 2 heterocycles. The second-order valence-corrected chi connectivity index (χ2v) is 8.25. The first-order chi connectivity index (χ1) is 13.5. The molecule has 0 saturated heterocycles. The van der Waals surface area contributed by atoms with Crippen molar-refractivity contribution in [1.29, 1.82) is 0 Å². The van der Waals surface area contributed by atoms with Gasteiger partial charge in [-0.1, -0.05) is 11.6 Å².